The molecule has 13 heavy (non-hydrogen) atoms. The molecule has 67 valence electrons. The van der Waals surface area contributed by atoms with Gasteiger partial charge >= 0.3 is 0 Å². The fraction of sp³-hybridized carbons (Fsp3) is 0.300. The van der Waals surface area contributed by atoms with Crippen molar-refractivity contribution in [1.29, 1.82) is 0 Å². The van der Waals surface area contributed by atoms with E-state index in [0.29, 0.717) is 11.5 Å². The fourth-order valence-corrected chi connectivity index (χ4v) is 1.45. The van der Waals surface area contributed by atoms with E-state index in [2.05, 4.69) is 6.92 Å². The molecule has 0 aromatic heterocycles. The third-order valence-corrected chi connectivity index (χ3v) is 2.35. The summed E-state index contributed by atoms with van der Waals surface area (Å²) in [5.41, 5.74) is 1.83. The molecule has 0 aliphatic heterocycles. The van der Waals surface area contributed by atoms with Gasteiger partial charge in [0.15, 0.2) is 0 Å². The maximum absolute atomic E-state index is 10.5. The summed E-state index contributed by atoms with van der Waals surface area (Å²) in [5, 5.41) is 10.5. The first-order valence-corrected chi connectivity index (χ1v) is 4.29. The Hall–Kier alpha value is -1.38. The van der Waals surface area contributed by atoms with Crippen LogP contribution in [-0.4, -0.2) is 4.92 Å². The van der Waals surface area contributed by atoms with E-state index < -0.39 is 0 Å². The topological polar surface area (TPSA) is 43.1 Å². The third-order valence-electron chi connectivity index (χ3n) is 2.35. The first kappa shape index (κ1) is 8.23. The summed E-state index contributed by atoms with van der Waals surface area (Å²) in [7, 11) is 0. The van der Waals surface area contributed by atoms with Crippen molar-refractivity contribution >= 4 is 5.69 Å². The lowest BCUT2D eigenvalue weighted by Crippen LogP contribution is -1.92. The van der Waals surface area contributed by atoms with Crippen LogP contribution in [0.25, 0.3) is 0 Å². The molecule has 0 unspecified atom stereocenters. The Balaban J connectivity index is 2.36. The minimum atomic E-state index is -0.390. The van der Waals surface area contributed by atoms with E-state index in [1.54, 1.807) is 6.07 Å². The van der Waals surface area contributed by atoms with Crippen LogP contribution < -0.4 is 0 Å². The minimum absolute atomic E-state index is 0.115. The van der Waals surface area contributed by atoms with Gasteiger partial charge in [0.2, 0.25) is 0 Å². The molecule has 3 heteroatoms. The van der Waals surface area contributed by atoms with E-state index in [4.69, 9.17) is 0 Å². The molecule has 0 amide bonds. The van der Waals surface area contributed by atoms with E-state index >= 15 is 0 Å². The van der Waals surface area contributed by atoms with Crippen LogP contribution in [0.5, 0.6) is 0 Å². The molecule has 1 aromatic rings. The van der Waals surface area contributed by atoms with Gasteiger partial charge in [-0.25, -0.2) is 0 Å². The highest BCUT2D eigenvalue weighted by molar-refractivity contribution is 5.46. The van der Waals surface area contributed by atoms with Gasteiger partial charge in [-0.2, -0.15) is 0 Å². The number of benzene rings is 1. The standard InChI is InChI=1S/C10H10NO2/c1-7-6-9(8-2-3-8)4-5-10(7)11(12)13/h4-6,8H,1-3H2. The monoisotopic (exact) mass is 176 g/mol. The molecule has 0 atom stereocenters. The largest absolute Gasteiger partial charge is 0.272 e. The zero-order chi connectivity index (χ0) is 9.42. The van der Waals surface area contributed by atoms with Crippen molar-refractivity contribution in [2.75, 3.05) is 0 Å². The highest BCUT2D eigenvalue weighted by atomic mass is 16.6. The summed E-state index contributed by atoms with van der Waals surface area (Å²) >= 11 is 0. The molecule has 1 saturated carbocycles. The van der Waals surface area contributed by atoms with Crippen molar-refractivity contribution in [2.24, 2.45) is 0 Å². The van der Waals surface area contributed by atoms with Crippen LogP contribution in [0.1, 0.15) is 29.9 Å². The Kier molecular flexibility index (Phi) is 1.79. The number of hydrogen-bond acceptors (Lipinski definition) is 2. The van der Waals surface area contributed by atoms with E-state index in [0.717, 1.165) is 0 Å². The minimum Gasteiger partial charge on any atom is -0.258 e. The van der Waals surface area contributed by atoms with E-state index in [-0.39, 0.29) is 10.6 Å². The number of nitrogens with zero attached hydrogens (tertiary/aromatic N) is 1. The number of nitro benzene ring substituents is 1. The third kappa shape index (κ3) is 1.54. The predicted molar refractivity (Wildman–Crippen MR) is 49.5 cm³/mol. The summed E-state index contributed by atoms with van der Waals surface area (Å²) in [6.07, 6.45) is 2.41. The van der Waals surface area contributed by atoms with Gasteiger partial charge in [0.05, 0.1) is 4.92 Å². The lowest BCUT2D eigenvalue weighted by molar-refractivity contribution is -0.385. The van der Waals surface area contributed by atoms with Gasteiger partial charge in [0, 0.05) is 11.6 Å². The maximum Gasteiger partial charge on any atom is 0.272 e. The van der Waals surface area contributed by atoms with Crippen molar-refractivity contribution in [1.82, 2.24) is 0 Å². The number of nitro groups is 1. The molecule has 2 rings (SSSR count). The molecule has 3 nitrogen and oxygen atoms in total. The number of rotatable bonds is 2. The quantitative estimate of drug-likeness (QED) is 0.513. The van der Waals surface area contributed by atoms with E-state index in [1.165, 1.54) is 18.4 Å². The van der Waals surface area contributed by atoms with Crippen molar-refractivity contribution in [3.63, 3.8) is 0 Å². The normalized spacial score (nSPS) is 15.8. The molecule has 0 saturated heterocycles. The highest BCUT2D eigenvalue weighted by Gasteiger charge is 2.24. The van der Waals surface area contributed by atoms with Gasteiger partial charge in [-0.1, -0.05) is 6.07 Å². The molecule has 0 bridgehead atoms. The average molecular weight is 176 g/mol. The van der Waals surface area contributed by atoms with Crippen LogP contribution >= 0.6 is 0 Å². The average Bonchev–Trinajstić information content (AvgIpc) is 2.85. The van der Waals surface area contributed by atoms with Gasteiger partial charge in [-0.3, -0.25) is 10.1 Å². The van der Waals surface area contributed by atoms with Gasteiger partial charge in [0.25, 0.3) is 5.69 Å². The fourth-order valence-electron chi connectivity index (χ4n) is 1.45. The van der Waals surface area contributed by atoms with E-state index in [1.807, 2.05) is 12.1 Å². The first-order valence-electron chi connectivity index (χ1n) is 4.29. The first-order chi connectivity index (χ1) is 6.18. The van der Waals surface area contributed by atoms with Crippen LogP contribution in [0.15, 0.2) is 18.2 Å². The lowest BCUT2D eigenvalue weighted by Gasteiger charge is -2.00. The lowest BCUT2D eigenvalue weighted by atomic mass is 10.1. The Morgan fingerprint density at radius 3 is 2.62 bits per heavy atom. The molecule has 1 aliphatic carbocycles. The van der Waals surface area contributed by atoms with Crippen LogP contribution in [0.3, 0.4) is 0 Å². The molecule has 1 fully saturated rings. The second-order valence-corrected chi connectivity index (χ2v) is 3.42. The van der Waals surface area contributed by atoms with Crippen molar-refractivity contribution in [3.8, 4) is 0 Å². The molecule has 0 heterocycles. The second-order valence-electron chi connectivity index (χ2n) is 3.42. The molecule has 1 aliphatic rings. The van der Waals surface area contributed by atoms with Gasteiger partial charge < -0.3 is 0 Å². The summed E-state index contributed by atoms with van der Waals surface area (Å²) in [6, 6.07) is 5.22. The molecule has 0 N–H and O–H groups in total. The zero-order valence-electron chi connectivity index (χ0n) is 7.19. The van der Waals surface area contributed by atoms with Crippen LogP contribution in [0.4, 0.5) is 5.69 Å². The molecular formula is C10H10NO2. The molecular weight excluding hydrogens is 166 g/mol. The van der Waals surface area contributed by atoms with E-state index in [9.17, 15) is 10.1 Å². The Morgan fingerprint density at radius 2 is 2.15 bits per heavy atom. The molecule has 0 spiro atoms. The summed E-state index contributed by atoms with van der Waals surface area (Å²) in [5.74, 6) is 0.626. The van der Waals surface area contributed by atoms with Crippen LogP contribution in [-0.2, 0) is 0 Å². The Morgan fingerprint density at radius 1 is 1.46 bits per heavy atom. The maximum atomic E-state index is 10.5. The Bertz CT molecular complexity index is 356. The van der Waals surface area contributed by atoms with Crippen molar-refractivity contribution < 1.29 is 4.92 Å². The summed E-state index contributed by atoms with van der Waals surface area (Å²) in [4.78, 5) is 10.1. The second kappa shape index (κ2) is 2.83. The van der Waals surface area contributed by atoms with Crippen LogP contribution in [0.2, 0.25) is 0 Å². The van der Waals surface area contributed by atoms with Crippen LogP contribution in [0, 0.1) is 17.0 Å². The smallest absolute Gasteiger partial charge is 0.258 e. The number of hydrogen-bond donors (Lipinski definition) is 0. The van der Waals surface area contributed by atoms with Crippen molar-refractivity contribution in [2.45, 2.75) is 18.8 Å². The van der Waals surface area contributed by atoms with Crippen molar-refractivity contribution in [3.05, 3.63) is 46.4 Å². The van der Waals surface area contributed by atoms with Gasteiger partial charge in [-0.15, -0.1) is 0 Å². The summed E-state index contributed by atoms with van der Waals surface area (Å²) in [6.45, 7) is 3.67. The SMILES string of the molecule is [CH2]c1cc(C2CC2)ccc1[N+](=O)[O-]. The Labute approximate surface area is 76.5 Å². The molecule has 1 aromatic carbocycles. The predicted octanol–water partition coefficient (Wildman–Crippen LogP) is 2.65. The summed E-state index contributed by atoms with van der Waals surface area (Å²) < 4.78 is 0. The zero-order valence-corrected chi connectivity index (χ0v) is 7.19. The van der Waals surface area contributed by atoms with Gasteiger partial charge in [0.1, 0.15) is 0 Å². The highest BCUT2D eigenvalue weighted by Crippen LogP contribution is 2.41. The molecule has 1 radical (unpaired) electrons. The van der Waals surface area contributed by atoms with Gasteiger partial charge in [-0.05, 0) is 37.3 Å².